The van der Waals surface area contributed by atoms with Gasteiger partial charge in [-0.3, -0.25) is 4.90 Å². The zero-order valence-corrected chi connectivity index (χ0v) is 16.8. The fourth-order valence-corrected chi connectivity index (χ4v) is 3.16. The molecule has 1 aromatic carbocycles. The summed E-state index contributed by atoms with van der Waals surface area (Å²) in [6, 6.07) is 4.14. The normalized spacial score (nSPS) is 16.1. The first-order valence-electron chi connectivity index (χ1n) is 9.59. The zero-order valence-electron chi connectivity index (χ0n) is 16.8. The third-order valence-electron chi connectivity index (χ3n) is 4.63. The summed E-state index contributed by atoms with van der Waals surface area (Å²) in [7, 11) is 3.36. The van der Waals surface area contributed by atoms with Crippen molar-refractivity contribution < 1.29 is 14.2 Å². The number of methoxy groups -OCH3 is 2. The number of rotatable bonds is 10. The van der Waals surface area contributed by atoms with Crippen LogP contribution < -0.4 is 19.9 Å². The van der Waals surface area contributed by atoms with E-state index in [1.54, 1.807) is 14.2 Å². The van der Waals surface area contributed by atoms with Crippen molar-refractivity contribution in [1.82, 2.24) is 9.80 Å². The van der Waals surface area contributed by atoms with E-state index in [-0.39, 0.29) is 0 Å². The minimum Gasteiger partial charge on any atom is -0.493 e. The summed E-state index contributed by atoms with van der Waals surface area (Å²) in [5, 5.41) is 0. The van der Waals surface area contributed by atoms with Crippen LogP contribution in [0, 0.1) is 5.92 Å². The Morgan fingerprint density at radius 2 is 1.58 bits per heavy atom. The molecular formula is C20H35N3O3. The first-order valence-corrected chi connectivity index (χ1v) is 9.59. The number of piperazine rings is 1. The summed E-state index contributed by atoms with van der Waals surface area (Å²) in [6.45, 7) is 12.0. The van der Waals surface area contributed by atoms with Crippen molar-refractivity contribution in [2.75, 3.05) is 60.1 Å². The standard InChI is InChI=1S/C20H35N3O3/c1-16(2)15-26-20-18(24-3)12-17(13-19(20)25-4)14-23-10-8-22(9-11-23)7-5-6-21/h12-13,16H,5-11,14-15,21H2,1-4H3. The van der Waals surface area contributed by atoms with Gasteiger partial charge in [-0.2, -0.15) is 0 Å². The number of ether oxygens (including phenoxy) is 3. The van der Waals surface area contributed by atoms with Crippen molar-refractivity contribution in [2.24, 2.45) is 11.7 Å². The quantitative estimate of drug-likeness (QED) is 0.686. The second-order valence-electron chi connectivity index (χ2n) is 7.29. The van der Waals surface area contributed by atoms with Crippen molar-refractivity contribution in [3.05, 3.63) is 17.7 Å². The first kappa shape index (κ1) is 20.8. The summed E-state index contributed by atoms with van der Waals surface area (Å²) in [4.78, 5) is 4.97. The lowest BCUT2D eigenvalue weighted by atomic mass is 10.1. The van der Waals surface area contributed by atoms with E-state index in [2.05, 4.69) is 35.8 Å². The number of nitrogens with two attached hydrogens (primary N) is 1. The molecule has 0 aromatic heterocycles. The lowest BCUT2D eigenvalue weighted by molar-refractivity contribution is 0.126. The highest BCUT2D eigenvalue weighted by Gasteiger charge is 2.19. The lowest BCUT2D eigenvalue weighted by Gasteiger charge is -2.34. The van der Waals surface area contributed by atoms with Crippen LogP contribution in [0.3, 0.4) is 0 Å². The van der Waals surface area contributed by atoms with Gasteiger partial charge in [0.15, 0.2) is 11.5 Å². The maximum Gasteiger partial charge on any atom is 0.203 e. The Kier molecular flexibility index (Phi) is 8.48. The van der Waals surface area contributed by atoms with Gasteiger partial charge in [-0.25, -0.2) is 0 Å². The maximum absolute atomic E-state index is 5.93. The van der Waals surface area contributed by atoms with Crippen molar-refractivity contribution >= 4 is 0 Å². The van der Waals surface area contributed by atoms with E-state index in [1.165, 1.54) is 5.56 Å². The molecule has 0 amide bonds. The zero-order chi connectivity index (χ0) is 18.9. The third kappa shape index (κ3) is 6.04. The molecule has 148 valence electrons. The average Bonchev–Trinajstić information content (AvgIpc) is 2.65. The molecule has 0 saturated carbocycles. The Labute approximate surface area is 158 Å². The van der Waals surface area contributed by atoms with Gasteiger partial charge in [-0.1, -0.05) is 13.8 Å². The maximum atomic E-state index is 5.93. The molecule has 0 aliphatic carbocycles. The Bertz CT molecular complexity index is 518. The molecule has 0 unspecified atom stereocenters. The largest absolute Gasteiger partial charge is 0.493 e. The molecule has 6 heteroatoms. The van der Waals surface area contributed by atoms with Crippen molar-refractivity contribution in [1.29, 1.82) is 0 Å². The predicted octanol–water partition coefficient (Wildman–Crippen LogP) is 2.21. The highest BCUT2D eigenvalue weighted by atomic mass is 16.5. The molecule has 1 aromatic rings. The van der Waals surface area contributed by atoms with E-state index < -0.39 is 0 Å². The highest BCUT2D eigenvalue weighted by molar-refractivity contribution is 5.53. The summed E-state index contributed by atoms with van der Waals surface area (Å²) < 4.78 is 17.1. The number of hydrogen-bond acceptors (Lipinski definition) is 6. The Morgan fingerprint density at radius 3 is 2.08 bits per heavy atom. The van der Waals surface area contributed by atoms with E-state index in [1.807, 2.05) is 0 Å². The van der Waals surface area contributed by atoms with Crippen molar-refractivity contribution in [3.8, 4) is 17.2 Å². The van der Waals surface area contributed by atoms with Gasteiger partial charge < -0.3 is 24.8 Å². The van der Waals surface area contributed by atoms with Crippen LogP contribution in [0.25, 0.3) is 0 Å². The monoisotopic (exact) mass is 365 g/mol. The van der Waals surface area contributed by atoms with E-state index in [0.29, 0.717) is 18.3 Å². The van der Waals surface area contributed by atoms with E-state index in [9.17, 15) is 0 Å². The molecule has 6 nitrogen and oxygen atoms in total. The smallest absolute Gasteiger partial charge is 0.203 e. The molecule has 0 atom stereocenters. The highest BCUT2D eigenvalue weighted by Crippen LogP contribution is 2.39. The fourth-order valence-electron chi connectivity index (χ4n) is 3.16. The number of nitrogens with zero attached hydrogens (tertiary/aromatic N) is 2. The molecule has 26 heavy (non-hydrogen) atoms. The van der Waals surface area contributed by atoms with Gasteiger partial charge >= 0.3 is 0 Å². The van der Waals surface area contributed by atoms with Crippen LogP contribution in [0.4, 0.5) is 0 Å². The van der Waals surface area contributed by atoms with Crippen LogP contribution in [0.15, 0.2) is 12.1 Å². The molecule has 2 rings (SSSR count). The molecule has 0 bridgehead atoms. The van der Waals surface area contributed by atoms with E-state index >= 15 is 0 Å². The van der Waals surface area contributed by atoms with Gasteiger partial charge in [-0.05, 0) is 43.1 Å². The Hall–Kier alpha value is -1.50. The molecule has 1 saturated heterocycles. The Balaban J connectivity index is 2.01. The second kappa shape index (κ2) is 10.6. The number of benzene rings is 1. The van der Waals surface area contributed by atoms with Gasteiger partial charge in [0.25, 0.3) is 0 Å². The Morgan fingerprint density at radius 1 is 1.00 bits per heavy atom. The van der Waals surface area contributed by atoms with Gasteiger partial charge in [0.05, 0.1) is 20.8 Å². The second-order valence-corrected chi connectivity index (χ2v) is 7.29. The van der Waals surface area contributed by atoms with E-state index in [0.717, 1.165) is 63.7 Å². The molecule has 1 aliphatic heterocycles. The first-order chi connectivity index (χ1) is 12.6. The minimum absolute atomic E-state index is 0.444. The van der Waals surface area contributed by atoms with Crippen molar-refractivity contribution in [2.45, 2.75) is 26.8 Å². The summed E-state index contributed by atoms with van der Waals surface area (Å²) in [5.41, 5.74) is 6.80. The topological polar surface area (TPSA) is 60.2 Å². The predicted molar refractivity (Wildman–Crippen MR) is 105 cm³/mol. The molecule has 2 N–H and O–H groups in total. The fraction of sp³-hybridized carbons (Fsp3) is 0.700. The van der Waals surface area contributed by atoms with Gasteiger partial charge in [0, 0.05) is 32.7 Å². The average molecular weight is 366 g/mol. The summed E-state index contributed by atoms with van der Waals surface area (Å²) in [5.74, 6) is 2.61. The van der Waals surface area contributed by atoms with Crippen molar-refractivity contribution in [3.63, 3.8) is 0 Å². The van der Waals surface area contributed by atoms with Crippen LogP contribution >= 0.6 is 0 Å². The summed E-state index contributed by atoms with van der Waals surface area (Å²) in [6.07, 6.45) is 1.08. The SMILES string of the molecule is COc1cc(CN2CCN(CCCN)CC2)cc(OC)c1OCC(C)C. The summed E-state index contributed by atoms with van der Waals surface area (Å²) >= 11 is 0. The van der Waals surface area contributed by atoms with E-state index in [4.69, 9.17) is 19.9 Å². The van der Waals surface area contributed by atoms with Crippen LogP contribution in [0.1, 0.15) is 25.8 Å². The van der Waals surface area contributed by atoms with Crippen LogP contribution in [0.5, 0.6) is 17.2 Å². The van der Waals surface area contributed by atoms with Crippen LogP contribution in [-0.4, -0.2) is 69.9 Å². The lowest BCUT2D eigenvalue weighted by Crippen LogP contribution is -2.46. The molecular weight excluding hydrogens is 330 g/mol. The number of hydrogen-bond donors (Lipinski definition) is 1. The molecule has 1 heterocycles. The molecule has 0 radical (unpaired) electrons. The minimum atomic E-state index is 0.444. The van der Waals surface area contributed by atoms with Crippen LogP contribution in [0.2, 0.25) is 0 Å². The molecule has 0 spiro atoms. The molecule has 1 aliphatic rings. The third-order valence-corrected chi connectivity index (χ3v) is 4.63. The van der Waals surface area contributed by atoms with Gasteiger partial charge in [0.2, 0.25) is 5.75 Å². The van der Waals surface area contributed by atoms with Crippen LogP contribution in [-0.2, 0) is 6.54 Å². The van der Waals surface area contributed by atoms with Gasteiger partial charge in [-0.15, -0.1) is 0 Å². The van der Waals surface area contributed by atoms with Gasteiger partial charge in [0.1, 0.15) is 0 Å². The molecule has 1 fully saturated rings.